The van der Waals surface area contributed by atoms with Gasteiger partial charge in [0.2, 0.25) is 5.95 Å². The van der Waals surface area contributed by atoms with Crippen molar-refractivity contribution in [2.24, 2.45) is 0 Å². The second-order valence-electron chi connectivity index (χ2n) is 5.01. The van der Waals surface area contributed by atoms with Gasteiger partial charge in [-0.2, -0.15) is 23.3 Å². The first-order chi connectivity index (χ1) is 10.5. The van der Waals surface area contributed by atoms with Crippen LogP contribution in [0.2, 0.25) is 0 Å². The average Bonchev–Trinajstić information content (AvgIpc) is 2.89. The van der Waals surface area contributed by atoms with Crippen molar-refractivity contribution in [1.82, 2.24) is 19.7 Å². The van der Waals surface area contributed by atoms with Gasteiger partial charge in [-0.25, -0.2) is 4.98 Å². The molecule has 0 fully saturated rings. The highest BCUT2D eigenvalue weighted by molar-refractivity contribution is 5.58. The largest absolute Gasteiger partial charge is 0.421 e. The molecule has 3 heterocycles. The first-order valence-electron chi connectivity index (χ1n) is 6.92. The van der Waals surface area contributed by atoms with Gasteiger partial charge in [-0.05, 0) is 19.3 Å². The smallest absolute Gasteiger partial charge is 0.372 e. The molecule has 0 aliphatic carbocycles. The Hall–Kier alpha value is -2.32. The summed E-state index contributed by atoms with van der Waals surface area (Å²) in [7, 11) is 1.39. The molecule has 0 saturated carbocycles. The van der Waals surface area contributed by atoms with E-state index in [0.717, 1.165) is 43.4 Å². The van der Waals surface area contributed by atoms with Crippen molar-refractivity contribution in [3.8, 4) is 0 Å². The predicted molar refractivity (Wildman–Crippen MR) is 75.0 cm³/mol. The highest BCUT2D eigenvalue weighted by Gasteiger charge is 2.35. The molecule has 0 amide bonds. The van der Waals surface area contributed by atoms with Crippen molar-refractivity contribution < 1.29 is 13.2 Å². The van der Waals surface area contributed by atoms with Crippen molar-refractivity contribution >= 4 is 17.5 Å². The maximum Gasteiger partial charge on any atom is 0.421 e. The molecule has 2 N–H and O–H groups in total. The molecular formula is C13H15F3N6. The van der Waals surface area contributed by atoms with Crippen molar-refractivity contribution in [1.29, 1.82) is 0 Å². The fraction of sp³-hybridized carbons (Fsp3) is 0.462. The molecule has 22 heavy (non-hydrogen) atoms. The number of aryl methyl sites for hydroxylation is 1. The van der Waals surface area contributed by atoms with Crippen LogP contribution in [0.25, 0.3) is 0 Å². The number of fused-ring (bicyclic) bond motifs is 1. The number of hydrogen-bond donors (Lipinski definition) is 2. The molecule has 2 aromatic heterocycles. The van der Waals surface area contributed by atoms with E-state index in [1.165, 1.54) is 7.05 Å². The number of rotatable bonds is 3. The predicted octanol–water partition coefficient (Wildman–Crippen LogP) is 2.81. The number of alkyl halides is 3. The molecule has 2 aromatic rings. The average molecular weight is 312 g/mol. The third-order valence-corrected chi connectivity index (χ3v) is 3.56. The topological polar surface area (TPSA) is 67.7 Å². The van der Waals surface area contributed by atoms with E-state index in [9.17, 15) is 13.2 Å². The standard InChI is InChI=1S/C13H15F3N6/c1-17-11-8(13(14,15)16)6-18-12(21-11)20-9-7-19-22-5-3-2-4-10(9)22/h6-7H,2-5H2,1H3,(H2,17,18,20,21). The zero-order chi connectivity index (χ0) is 15.7. The number of halogens is 3. The van der Waals surface area contributed by atoms with Crippen LogP contribution in [0, 0.1) is 0 Å². The quantitative estimate of drug-likeness (QED) is 0.912. The Morgan fingerprint density at radius 2 is 2.05 bits per heavy atom. The molecule has 0 atom stereocenters. The summed E-state index contributed by atoms with van der Waals surface area (Å²) < 4.78 is 40.3. The molecule has 6 nitrogen and oxygen atoms in total. The maximum atomic E-state index is 12.8. The van der Waals surface area contributed by atoms with Crippen molar-refractivity contribution in [2.75, 3.05) is 17.7 Å². The van der Waals surface area contributed by atoms with Gasteiger partial charge in [-0.3, -0.25) is 4.68 Å². The van der Waals surface area contributed by atoms with E-state index >= 15 is 0 Å². The van der Waals surface area contributed by atoms with Gasteiger partial charge >= 0.3 is 6.18 Å². The van der Waals surface area contributed by atoms with E-state index in [1.807, 2.05) is 4.68 Å². The number of nitrogens with one attached hydrogen (secondary N) is 2. The molecule has 0 bridgehead atoms. The third-order valence-electron chi connectivity index (χ3n) is 3.56. The lowest BCUT2D eigenvalue weighted by Gasteiger charge is -2.15. The Kier molecular flexibility index (Phi) is 3.63. The lowest BCUT2D eigenvalue weighted by atomic mass is 10.1. The minimum Gasteiger partial charge on any atom is -0.372 e. The molecule has 1 aliphatic rings. The van der Waals surface area contributed by atoms with Crippen LogP contribution in [0.3, 0.4) is 0 Å². The summed E-state index contributed by atoms with van der Waals surface area (Å²) in [5, 5.41) is 9.66. The van der Waals surface area contributed by atoms with Gasteiger partial charge in [-0.15, -0.1) is 0 Å². The van der Waals surface area contributed by atoms with Gasteiger partial charge in [-0.1, -0.05) is 0 Å². The van der Waals surface area contributed by atoms with Gasteiger partial charge < -0.3 is 10.6 Å². The molecule has 0 aromatic carbocycles. The Morgan fingerprint density at radius 3 is 2.77 bits per heavy atom. The van der Waals surface area contributed by atoms with Crippen molar-refractivity contribution in [3.63, 3.8) is 0 Å². The van der Waals surface area contributed by atoms with Crippen LogP contribution in [0.4, 0.5) is 30.6 Å². The van der Waals surface area contributed by atoms with E-state index in [0.29, 0.717) is 0 Å². The summed E-state index contributed by atoms with van der Waals surface area (Å²) >= 11 is 0. The highest BCUT2D eigenvalue weighted by atomic mass is 19.4. The fourth-order valence-electron chi connectivity index (χ4n) is 2.49. The van der Waals surface area contributed by atoms with Crippen LogP contribution in [-0.4, -0.2) is 26.8 Å². The molecule has 0 unspecified atom stereocenters. The molecule has 3 rings (SSSR count). The van der Waals surface area contributed by atoms with E-state index < -0.39 is 11.7 Å². The molecular weight excluding hydrogens is 297 g/mol. The third kappa shape index (κ3) is 2.70. The van der Waals surface area contributed by atoms with Crippen LogP contribution in [0.1, 0.15) is 24.1 Å². The minimum atomic E-state index is -4.49. The zero-order valence-corrected chi connectivity index (χ0v) is 11.9. The number of hydrogen-bond acceptors (Lipinski definition) is 5. The molecule has 0 saturated heterocycles. The van der Waals surface area contributed by atoms with E-state index in [4.69, 9.17) is 0 Å². The van der Waals surface area contributed by atoms with Crippen LogP contribution in [-0.2, 0) is 19.1 Å². The minimum absolute atomic E-state index is 0.110. The molecule has 118 valence electrons. The van der Waals surface area contributed by atoms with Gasteiger partial charge in [0.1, 0.15) is 11.4 Å². The van der Waals surface area contributed by atoms with Crippen molar-refractivity contribution in [2.45, 2.75) is 32.0 Å². The summed E-state index contributed by atoms with van der Waals surface area (Å²) in [6.45, 7) is 0.854. The Morgan fingerprint density at radius 1 is 1.23 bits per heavy atom. The molecule has 9 heteroatoms. The highest BCUT2D eigenvalue weighted by Crippen LogP contribution is 2.34. The van der Waals surface area contributed by atoms with Crippen molar-refractivity contribution in [3.05, 3.63) is 23.7 Å². The van der Waals surface area contributed by atoms with E-state index in [-0.39, 0.29) is 11.8 Å². The second kappa shape index (κ2) is 5.47. The van der Waals surface area contributed by atoms with Crippen LogP contribution in [0.15, 0.2) is 12.4 Å². The van der Waals surface area contributed by atoms with E-state index in [2.05, 4.69) is 25.7 Å². The SMILES string of the molecule is CNc1nc(Nc2cnn3c2CCCC3)ncc1C(F)(F)F. The Balaban J connectivity index is 1.88. The van der Waals surface area contributed by atoms with Gasteiger partial charge in [0.25, 0.3) is 0 Å². The van der Waals surface area contributed by atoms with Gasteiger partial charge in [0.15, 0.2) is 0 Å². The summed E-state index contributed by atoms with van der Waals surface area (Å²) in [5.41, 5.74) is 0.875. The molecule has 0 radical (unpaired) electrons. The first-order valence-corrected chi connectivity index (χ1v) is 6.92. The Bertz CT molecular complexity index is 679. The Labute approximate surface area is 124 Å². The van der Waals surface area contributed by atoms with Gasteiger partial charge in [0, 0.05) is 19.8 Å². The summed E-state index contributed by atoms with van der Waals surface area (Å²) in [6, 6.07) is 0. The number of nitrogens with zero attached hydrogens (tertiary/aromatic N) is 4. The second-order valence-corrected chi connectivity index (χ2v) is 5.01. The van der Waals surface area contributed by atoms with Crippen LogP contribution < -0.4 is 10.6 Å². The summed E-state index contributed by atoms with van der Waals surface area (Å²) in [6.07, 6.45) is 0.957. The van der Waals surface area contributed by atoms with Crippen LogP contribution in [0.5, 0.6) is 0 Å². The normalized spacial score (nSPS) is 14.5. The maximum absolute atomic E-state index is 12.8. The lowest BCUT2D eigenvalue weighted by molar-refractivity contribution is -0.137. The number of anilines is 3. The van der Waals surface area contributed by atoms with E-state index in [1.54, 1.807) is 6.20 Å². The lowest BCUT2D eigenvalue weighted by Crippen LogP contribution is -2.14. The fourth-order valence-corrected chi connectivity index (χ4v) is 2.49. The monoisotopic (exact) mass is 312 g/mol. The van der Waals surface area contributed by atoms with Gasteiger partial charge in [0.05, 0.1) is 17.6 Å². The molecule has 0 spiro atoms. The first kappa shape index (κ1) is 14.6. The zero-order valence-electron chi connectivity index (χ0n) is 11.9. The summed E-state index contributed by atoms with van der Waals surface area (Å²) in [5.74, 6) is -0.148. The number of aromatic nitrogens is 4. The van der Waals surface area contributed by atoms with Crippen LogP contribution >= 0.6 is 0 Å². The summed E-state index contributed by atoms with van der Waals surface area (Å²) in [4.78, 5) is 7.65. The molecule has 1 aliphatic heterocycles.